The van der Waals surface area contributed by atoms with Crippen LogP contribution in [-0.4, -0.2) is 23.4 Å². The van der Waals surface area contributed by atoms with Crippen LogP contribution in [0.2, 0.25) is 5.02 Å². The number of ether oxygens (including phenoxy) is 3. The van der Waals surface area contributed by atoms with E-state index in [4.69, 9.17) is 30.2 Å². The molecule has 0 N–H and O–H groups in total. The van der Waals surface area contributed by atoms with Crippen molar-refractivity contribution in [1.29, 1.82) is 0 Å². The van der Waals surface area contributed by atoms with Crippen molar-refractivity contribution in [2.45, 2.75) is 24.0 Å². The van der Waals surface area contributed by atoms with Crippen LogP contribution in [0.5, 0.6) is 17.2 Å². The number of benzene rings is 2. The number of aromatic nitrogens is 2. The third-order valence-corrected chi connectivity index (χ3v) is 5.09. The molecule has 2 aromatic carbocycles. The zero-order valence-corrected chi connectivity index (χ0v) is 16.4. The van der Waals surface area contributed by atoms with Crippen LogP contribution in [0.1, 0.15) is 24.5 Å². The molecule has 0 radical (unpaired) electrons. The molecule has 0 fully saturated rings. The van der Waals surface area contributed by atoms with Crippen LogP contribution in [0.4, 0.5) is 4.39 Å². The largest absolute Gasteiger partial charge is 0.486 e. The van der Waals surface area contributed by atoms with Gasteiger partial charge in [0.25, 0.3) is 11.1 Å². The number of rotatable bonds is 6. The van der Waals surface area contributed by atoms with Gasteiger partial charge in [-0.2, -0.15) is 0 Å². The first kappa shape index (κ1) is 18.9. The maximum atomic E-state index is 13.0. The van der Waals surface area contributed by atoms with Gasteiger partial charge in [-0.1, -0.05) is 23.4 Å². The van der Waals surface area contributed by atoms with E-state index in [9.17, 15) is 4.39 Å². The molecule has 0 spiro atoms. The summed E-state index contributed by atoms with van der Waals surface area (Å²) < 4.78 is 35.4. The van der Waals surface area contributed by atoms with Crippen LogP contribution in [0.15, 0.2) is 46.0 Å². The quantitative estimate of drug-likeness (QED) is 0.514. The zero-order valence-electron chi connectivity index (χ0n) is 14.9. The highest BCUT2D eigenvalue weighted by atomic mass is 35.5. The number of thioether (sulfide) groups is 1. The molecule has 0 bridgehead atoms. The van der Waals surface area contributed by atoms with Crippen molar-refractivity contribution in [2.24, 2.45) is 0 Å². The predicted molar refractivity (Wildman–Crippen MR) is 102 cm³/mol. The maximum Gasteiger partial charge on any atom is 0.277 e. The fourth-order valence-corrected chi connectivity index (χ4v) is 3.59. The molecule has 0 amide bonds. The Labute approximate surface area is 169 Å². The minimum atomic E-state index is -0.462. The molecule has 146 valence electrons. The SMILES string of the molecule is C[C@H](Oc1ccc(F)cc1)c1nnc(SCc2cc(Cl)c3c(c2)OCCO3)o1. The number of halogens is 2. The lowest BCUT2D eigenvalue weighted by Crippen LogP contribution is -2.15. The van der Waals surface area contributed by atoms with Crippen LogP contribution < -0.4 is 14.2 Å². The monoisotopic (exact) mass is 422 g/mol. The van der Waals surface area contributed by atoms with Gasteiger partial charge in [0.05, 0.1) is 5.02 Å². The van der Waals surface area contributed by atoms with Gasteiger partial charge in [-0.05, 0) is 48.9 Å². The standard InChI is InChI=1S/C19H16ClFN2O4S/c1-11(26-14-4-2-13(21)3-5-14)18-22-23-19(27-18)28-10-12-8-15(20)17-16(9-12)24-6-7-25-17/h2-5,8-9,11H,6-7,10H2,1H3/t11-/m0/s1. The molecule has 0 saturated carbocycles. The summed E-state index contributed by atoms with van der Waals surface area (Å²) >= 11 is 7.63. The smallest absolute Gasteiger partial charge is 0.277 e. The fourth-order valence-electron chi connectivity index (χ4n) is 2.60. The van der Waals surface area contributed by atoms with Gasteiger partial charge in [-0.25, -0.2) is 4.39 Å². The fraction of sp³-hybridized carbons (Fsp3) is 0.263. The molecule has 3 aromatic rings. The molecule has 28 heavy (non-hydrogen) atoms. The molecule has 0 saturated heterocycles. The first-order valence-electron chi connectivity index (χ1n) is 8.55. The van der Waals surface area contributed by atoms with Crippen LogP contribution in [0.25, 0.3) is 0 Å². The first-order valence-corrected chi connectivity index (χ1v) is 9.91. The summed E-state index contributed by atoms with van der Waals surface area (Å²) in [4.78, 5) is 0. The van der Waals surface area contributed by atoms with E-state index >= 15 is 0 Å². The van der Waals surface area contributed by atoms with Crippen molar-refractivity contribution in [1.82, 2.24) is 10.2 Å². The Bertz CT molecular complexity index is 967. The van der Waals surface area contributed by atoms with E-state index in [0.717, 1.165) is 5.56 Å². The van der Waals surface area contributed by atoms with E-state index in [-0.39, 0.29) is 5.82 Å². The Hall–Kier alpha value is -2.45. The molecule has 9 heteroatoms. The molecular formula is C19H16ClFN2O4S. The molecule has 1 aromatic heterocycles. The van der Waals surface area contributed by atoms with E-state index in [0.29, 0.717) is 52.4 Å². The molecule has 1 aliphatic rings. The number of nitrogens with zero attached hydrogens (tertiary/aromatic N) is 2. The average Bonchev–Trinajstić information content (AvgIpc) is 3.17. The van der Waals surface area contributed by atoms with Crippen molar-refractivity contribution >= 4 is 23.4 Å². The summed E-state index contributed by atoms with van der Waals surface area (Å²) in [7, 11) is 0. The minimum Gasteiger partial charge on any atom is -0.486 e. The van der Waals surface area contributed by atoms with E-state index < -0.39 is 6.10 Å². The lowest BCUT2D eigenvalue weighted by Gasteiger charge is -2.20. The molecule has 6 nitrogen and oxygen atoms in total. The molecular weight excluding hydrogens is 407 g/mol. The van der Waals surface area contributed by atoms with Crippen molar-refractivity contribution in [3.63, 3.8) is 0 Å². The normalized spacial score (nSPS) is 14.0. The number of hydrogen-bond acceptors (Lipinski definition) is 7. The third kappa shape index (κ3) is 4.34. The Morgan fingerprint density at radius 1 is 1.18 bits per heavy atom. The van der Waals surface area contributed by atoms with E-state index in [2.05, 4.69) is 10.2 Å². The molecule has 1 aliphatic heterocycles. The summed E-state index contributed by atoms with van der Waals surface area (Å²) in [5.74, 6) is 2.33. The Kier molecular flexibility index (Phi) is 5.59. The molecule has 4 rings (SSSR count). The van der Waals surface area contributed by atoms with Gasteiger partial charge in [-0.15, -0.1) is 10.2 Å². The lowest BCUT2D eigenvalue weighted by molar-refractivity contribution is 0.171. The maximum absolute atomic E-state index is 13.0. The van der Waals surface area contributed by atoms with Crippen molar-refractivity contribution in [3.05, 3.63) is 58.7 Å². The molecule has 2 heterocycles. The highest BCUT2D eigenvalue weighted by Gasteiger charge is 2.19. The third-order valence-electron chi connectivity index (χ3n) is 3.92. The average molecular weight is 423 g/mol. The van der Waals surface area contributed by atoms with E-state index in [1.807, 2.05) is 12.1 Å². The second-order valence-electron chi connectivity index (χ2n) is 6.01. The number of fused-ring (bicyclic) bond motifs is 1. The van der Waals surface area contributed by atoms with Gasteiger partial charge in [0.15, 0.2) is 17.6 Å². The Morgan fingerprint density at radius 3 is 2.79 bits per heavy atom. The van der Waals surface area contributed by atoms with Crippen molar-refractivity contribution in [3.8, 4) is 17.2 Å². The van der Waals surface area contributed by atoms with Gasteiger partial charge in [0.2, 0.25) is 0 Å². The van der Waals surface area contributed by atoms with Crippen LogP contribution in [0.3, 0.4) is 0 Å². The van der Waals surface area contributed by atoms with E-state index in [1.54, 1.807) is 19.1 Å². The van der Waals surface area contributed by atoms with Crippen LogP contribution in [-0.2, 0) is 5.75 Å². The molecule has 1 atom stereocenters. The van der Waals surface area contributed by atoms with Gasteiger partial charge >= 0.3 is 0 Å². The van der Waals surface area contributed by atoms with Gasteiger partial charge in [0.1, 0.15) is 24.8 Å². The predicted octanol–water partition coefficient (Wildman–Crippen LogP) is 5.07. The van der Waals surface area contributed by atoms with Crippen LogP contribution in [0, 0.1) is 5.82 Å². The first-order chi connectivity index (χ1) is 13.6. The summed E-state index contributed by atoms with van der Waals surface area (Å²) in [5, 5.41) is 8.98. The second kappa shape index (κ2) is 8.28. The van der Waals surface area contributed by atoms with Crippen molar-refractivity contribution in [2.75, 3.05) is 13.2 Å². The topological polar surface area (TPSA) is 66.6 Å². The summed E-state index contributed by atoms with van der Waals surface area (Å²) in [6.07, 6.45) is -0.462. The summed E-state index contributed by atoms with van der Waals surface area (Å²) in [6.45, 7) is 2.77. The lowest BCUT2D eigenvalue weighted by atomic mass is 10.2. The van der Waals surface area contributed by atoms with E-state index in [1.165, 1.54) is 23.9 Å². The minimum absolute atomic E-state index is 0.323. The number of hydrogen-bond donors (Lipinski definition) is 0. The van der Waals surface area contributed by atoms with Gasteiger partial charge < -0.3 is 18.6 Å². The molecule has 0 unspecified atom stereocenters. The highest BCUT2D eigenvalue weighted by Crippen LogP contribution is 2.39. The second-order valence-corrected chi connectivity index (χ2v) is 7.34. The summed E-state index contributed by atoms with van der Waals surface area (Å²) in [5.41, 5.74) is 0.953. The van der Waals surface area contributed by atoms with Gasteiger partial charge in [0, 0.05) is 5.75 Å². The molecule has 0 aliphatic carbocycles. The van der Waals surface area contributed by atoms with Crippen molar-refractivity contribution < 1.29 is 23.0 Å². The zero-order chi connectivity index (χ0) is 19.5. The summed E-state index contributed by atoms with van der Waals surface area (Å²) in [6, 6.07) is 9.47. The highest BCUT2D eigenvalue weighted by molar-refractivity contribution is 7.98. The Balaban J connectivity index is 1.38. The van der Waals surface area contributed by atoms with Gasteiger partial charge in [-0.3, -0.25) is 0 Å². The van der Waals surface area contributed by atoms with Crippen LogP contribution >= 0.6 is 23.4 Å². The Morgan fingerprint density at radius 2 is 1.96 bits per heavy atom.